The Morgan fingerprint density at radius 3 is 2.71 bits per heavy atom. The molecule has 0 bridgehead atoms. The molecule has 1 aliphatic rings. The minimum Gasteiger partial charge on any atom is -0.447 e. The van der Waals surface area contributed by atoms with Crippen molar-refractivity contribution in [1.82, 2.24) is 9.62 Å². The molecule has 2 rings (SSSR count). The molecule has 1 aromatic heterocycles. The molecule has 120 valence electrons. The van der Waals surface area contributed by atoms with Gasteiger partial charge in [-0.2, -0.15) is 4.31 Å². The summed E-state index contributed by atoms with van der Waals surface area (Å²) in [6.07, 6.45) is 2.00. The first-order valence-electron chi connectivity index (χ1n) is 7.52. The Labute approximate surface area is 127 Å². The van der Waals surface area contributed by atoms with Crippen molar-refractivity contribution in [3.05, 3.63) is 17.9 Å². The van der Waals surface area contributed by atoms with E-state index in [1.54, 1.807) is 16.4 Å². The Hall–Kier alpha value is -0.850. The lowest BCUT2D eigenvalue weighted by Gasteiger charge is -2.29. The van der Waals surface area contributed by atoms with E-state index < -0.39 is 10.0 Å². The molecule has 21 heavy (non-hydrogen) atoms. The molecular weight excluding hydrogens is 288 g/mol. The molecule has 6 heteroatoms. The van der Waals surface area contributed by atoms with E-state index in [0.717, 1.165) is 12.8 Å². The summed E-state index contributed by atoms with van der Waals surface area (Å²) in [5.41, 5.74) is -0.0336. The monoisotopic (exact) mass is 314 g/mol. The van der Waals surface area contributed by atoms with Crippen molar-refractivity contribution < 1.29 is 12.8 Å². The molecule has 0 spiro atoms. The summed E-state index contributed by atoms with van der Waals surface area (Å²) in [7, 11) is -3.49. The number of hydrogen-bond acceptors (Lipinski definition) is 4. The van der Waals surface area contributed by atoms with Gasteiger partial charge in [0.25, 0.3) is 10.0 Å². The van der Waals surface area contributed by atoms with E-state index in [1.807, 2.05) is 0 Å². The zero-order chi connectivity index (χ0) is 15.7. The lowest BCUT2D eigenvalue weighted by Crippen LogP contribution is -2.38. The van der Waals surface area contributed by atoms with Crippen molar-refractivity contribution in [2.24, 2.45) is 5.92 Å². The Morgan fingerprint density at radius 2 is 2.10 bits per heavy atom. The Morgan fingerprint density at radius 1 is 1.38 bits per heavy atom. The average molecular weight is 314 g/mol. The number of nitrogens with one attached hydrogen (secondary N) is 1. The van der Waals surface area contributed by atoms with Gasteiger partial charge in [-0.15, -0.1) is 0 Å². The van der Waals surface area contributed by atoms with Gasteiger partial charge in [-0.05, 0) is 51.7 Å². The van der Waals surface area contributed by atoms with Gasteiger partial charge in [0.1, 0.15) is 5.76 Å². The average Bonchev–Trinajstić information content (AvgIpc) is 2.85. The number of hydrogen-bond donors (Lipinski definition) is 1. The first-order chi connectivity index (χ1) is 9.68. The summed E-state index contributed by atoms with van der Waals surface area (Å²) >= 11 is 0. The SMILES string of the molecule is CC1CCCN(S(=O)(=O)c2ccc(CNC(C)(C)C)o2)C1. The van der Waals surface area contributed by atoms with E-state index in [9.17, 15) is 8.42 Å². The van der Waals surface area contributed by atoms with Crippen molar-refractivity contribution in [2.45, 2.75) is 57.7 Å². The largest absolute Gasteiger partial charge is 0.447 e. The zero-order valence-corrected chi connectivity index (χ0v) is 14.2. The number of nitrogens with zero attached hydrogens (tertiary/aromatic N) is 1. The van der Waals surface area contributed by atoms with Crippen LogP contribution in [0.1, 0.15) is 46.3 Å². The van der Waals surface area contributed by atoms with Crippen LogP contribution >= 0.6 is 0 Å². The van der Waals surface area contributed by atoms with Gasteiger partial charge in [-0.3, -0.25) is 0 Å². The molecule has 1 aliphatic heterocycles. The van der Waals surface area contributed by atoms with Gasteiger partial charge in [-0.25, -0.2) is 8.42 Å². The molecule has 0 aliphatic carbocycles. The van der Waals surface area contributed by atoms with E-state index in [2.05, 4.69) is 33.0 Å². The third-order valence-electron chi connectivity index (χ3n) is 3.64. The molecule has 1 atom stereocenters. The predicted octanol–water partition coefficient (Wildman–Crippen LogP) is 2.59. The molecule has 0 saturated carbocycles. The highest BCUT2D eigenvalue weighted by atomic mass is 32.2. The minimum atomic E-state index is -3.49. The van der Waals surface area contributed by atoms with Crippen LogP contribution in [0.4, 0.5) is 0 Å². The second-order valence-corrected chi connectivity index (χ2v) is 8.80. The number of sulfonamides is 1. The van der Waals surface area contributed by atoms with Crippen LogP contribution in [0.5, 0.6) is 0 Å². The fourth-order valence-electron chi connectivity index (χ4n) is 2.44. The molecule has 5 nitrogen and oxygen atoms in total. The third-order valence-corrected chi connectivity index (χ3v) is 5.38. The van der Waals surface area contributed by atoms with Crippen molar-refractivity contribution >= 4 is 10.0 Å². The molecule has 1 fully saturated rings. The lowest BCUT2D eigenvalue weighted by molar-refractivity contribution is 0.272. The Kier molecular flexibility index (Phi) is 4.80. The lowest BCUT2D eigenvalue weighted by atomic mass is 10.0. The maximum absolute atomic E-state index is 12.6. The summed E-state index contributed by atoms with van der Waals surface area (Å²) in [5.74, 6) is 1.05. The molecule has 1 N–H and O–H groups in total. The number of rotatable bonds is 4. The number of furan rings is 1. The van der Waals surface area contributed by atoms with Gasteiger partial charge >= 0.3 is 0 Å². The second kappa shape index (κ2) is 6.10. The van der Waals surface area contributed by atoms with Crippen molar-refractivity contribution in [1.29, 1.82) is 0 Å². The van der Waals surface area contributed by atoms with E-state index in [4.69, 9.17) is 4.42 Å². The van der Waals surface area contributed by atoms with Gasteiger partial charge in [0.15, 0.2) is 0 Å². The molecule has 0 radical (unpaired) electrons. The Bertz CT molecular complexity index is 572. The molecule has 0 amide bonds. The minimum absolute atomic E-state index is 0.0336. The Balaban J connectivity index is 2.09. The topological polar surface area (TPSA) is 62.6 Å². The van der Waals surface area contributed by atoms with Gasteiger partial charge in [-0.1, -0.05) is 6.92 Å². The van der Waals surface area contributed by atoms with E-state index in [-0.39, 0.29) is 10.6 Å². The normalized spacial score (nSPS) is 21.6. The third kappa shape index (κ3) is 4.31. The van der Waals surface area contributed by atoms with Crippen molar-refractivity contribution in [3.8, 4) is 0 Å². The van der Waals surface area contributed by atoms with E-state index in [0.29, 0.717) is 31.3 Å². The second-order valence-electron chi connectivity index (χ2n) is 6.93. The maximum atomic E-state index is 12.6. The van der Waals surface area contributed by atoms with Gasteiger partial charge in [0, 0.05) is 18.6 Å². The molecule has 0 aromatic carbocycles. The smallest absolute Gasteiger partial charge is 0.276 e. The van der Waals surface area contributed by atoms with E-state index >= 15 is 0 Å². The first-order valence-corrected chi connectivity index (χ1v) is 8.96. The molecular formula is C15H26N2O3S. The van der Waals surface area contributed by atoms with Crippen LogP contribution in [0.2, 0.25) is 0 Å². The van der Waals surface area contributed by atoms with Crippen molar-refractivity contribution in [2.75, 3.05) is 13.1 Å². The first kappa shape index (κ1) is 16.5. The van der Waals surface area contributed by atoms with Gasteiger partial charge in [0.05, 0.1) is 6.54 Å². The van der Waals surface area contributed by atoms with Crippen LogP contribution in [-0.4, -0.2) is 31.4 Å². The molecule has 1 aromatic rings. The summed E-state index contributed by atoms with van der Waals surface area (Å²) in [6, 6.07) is 3.30. The highest BCUT2D eigenvalue weighted by molar-refractivity contribution is 7.89. The van der Waals surface area contributed by atoms with Crippen LogP contribution in [-0.2, 0) is 16.6 Å². The fraction of sp³-hybridized carbons (Fsp3) is 0.733. The molecule has 1 saturated heterocycles. The van der Waals surface area contributed by atoms with Crippen LogP contribution in [0.3, 0.4) is 0 Å². The van der Waals surface area contributed by atoms with Crippen LogP contribution in [0, 0.1) is 5.92 Å². The summed E-state index contributed by atoms with van der Waals surface area (Å²) < 4.78 is 32.2. The van der Waals surface area contributed by atoms with E-state index in [1.165, 1.54) is 0 Å². The van der Waals surface area contributed by atoms with Gasteiger partial charge in [0.2, 0.25) is 5.09 Å². The fourth-order valence-corrected chi connectivity index (χ4v) is 3.96. The van der Waals surface area contributed by atoms with Crippen molar-refractivity contribution in [3.63, 3.8) is 0 Å². The summed E-state index contributed by atoms with van der Waals surface area (Å²) in [5, 5.41) is 3.35. The van der Waals surface area contributed by atoms with Crippen LogP contribution < -0.4 is 5.32 Å². The standard InChI is InChI=1S/C15H26N2O3S/c1-12-6-5-9-17(11-12)21(18,19)14-8-7-13(20-14)10-16-15(2,3)4/h7-8,12,16H,5-6,9-11H2,1-4H3. The predicted molar refractivity (Wildman–Crippen MR) is 82.5 cm³/mol. The van der Waals surface area contributed by atoms with Crippen LogP contribution in [0.25, 0.3) is 0 Å². The number of piperidine rings is 1. The van der Waals surface area contributed by atoms with Gasteiger partial charge < -0.3 is 9.73 Å². The quantitative estimate of drug-likeness (QED) is 0.928. The highest BCUT2D eigenvalue weighted by Gasteiger charge is 2.31. The maximum Gasteiger partial charge on any atom is 0.276 e. The summed E-state index contributed by atoms with van der Waals surface area (Å²) in [6.45, 7) is 9.95. The molecule has 1 unspecified atom stereocenters. The summed E-state index contributed by atoms with van der Waals surface area (Å²) in [4.78, 5) is 0. The molecule has 2 heterocycles. The highest BCUT2D eigenvalue weighted by Crippen LogP contribution is 2.24. The zero-order valence-electron chi connectivity index (χ0n) is 13.3. The van der Waals surface area contributed by atoms with Crippen LogP contribution in [0.15, 0.2) is 21.6 Å².